The Morgan fingerprint density at radius 2 is 2.00 bits per heavy atom. The summed E-state index contributed by atoms with van der Waals surface area (Å²) in [4.78, 5) is 11.6. The highest BCUT2D eigenvalue weighted by Gasteiger charge is 2.12. The first kappa shape index (κ1) is 13.8. The predicted molar refractivity (Wildman–Crippen MR) is 73.0 cm³/mol. The van der Waals surface area contributed by atoms with Crippen LogP contribution in [0.2, 0.25) is 24.7 Å². The van der Waals surface area contributed by atoms with Crippen LogP contribution in [0.4, 0.5) is 0 Å². The third-order valence-electron chi connectivity index (χ3n) is 1.96. The van der Waals surface area contributed by atoms with Crippen LogP contribution in [0, 0.1) is 11.5 Å². The van der Waals surface area contributed by atoms with Gasteiger partial charge in [-0.1, -0.05) is 37.2 Å². The van der Waals surface area contributed by atoms with Gasteiger partial charge in [-0.05, 0) is 18.2 Å². The van der Waals surface area contributed by atoms with Crippen molar-refractivity contribution in [1.29, 1.82) is 0 Å². The zero-order valence-corrected chi connectivity index (χ0v) is 12.2. The second-order valence-electron chi connectivity index (χ2n) is 4.68. The van der Waals surface area contributed by atoms with Gasteiger partial charge in [0, 0.05) is 10.6 Å². The van der Waals surface area contributed by atoms with Gasteiger partial charge in [0.15, 0.2) is 0 Å². The molecule has 0 atom stereocenters. The molecular weight excluding hydrogens is 252 g/mol. The summed E-state index contributed by atoms with van der Waals surface area (Å²) < 4.78 is 4.71. The summed E-state index contributed by atoms with van der Waals surface area (Å²) in [6.45, 7) is 6.44. The fourth-order valence-corrected chi connectivity index (χ4v) is 1.84. The van der Waals surface area contributed by atoms with E-state index >= 15 is 0 Å². The van der Waals surface area contributed by atoms with Crippen LogP contribution in [0.15, 0.2) is 18.2 Å². The number of carbonyl (C=O) groups excluding carboxylic acids is 1. The molecule has 0 bridgehead atoms. The molecule has 0 heterocycles. The van der Waals surface area contributed by atoms with Gasteiger partial charge in [-0.25, -0.2) is 4.79 Å². The maximum atomic E-state index is 11.6. The number of hydrogen-bond donors (Lipinski definition) is 0. The van der Waals surface area contributed by atoms with Crippen molar-refractivity contribution in [3.05, 3.63) is 34.3 Å². The topological polar surface area (TPSA) is 26.3 Å². The van der Waals surface area contributed by atoms with Crippen molar-refractivity contribution in [3.8, 4) is 11.5 Å². The second kappa shape index (κ2) is 5.39. The number of hydrogen-bond acceptors (Lipinski definition) is 2. The van der Waals surface area contributed by atoms with E-state index in [1.807, 2.05) is 0 Å². The molecule has 0 aromatic heterocycles. The molecular formula is C13H15ClO2Si. The fraction of sp³-hybridized carbons (Fsp3) is 0.308. The molecule has 0 radical (unpaired) electrons. The average Bonchev–Trinajstić information content (AvgIpc) is 2.25. The molecule has 0 unspecified atom stereocenters. The summed E-state index contributed by atoms with van der Waals surface area (Å²) in [5.41, 5.74) is 4.31. The van der Waals surface area contributed by atoms with Gasteiger partial charge < -0.3 is 4.74 Å². The monoisotopic (exact) mass is 266 g/mol. The molecule has 90 valence electrons. The Labute approximate surface area is 108 Å². The predicted octanol–water partition coefficient (Wildman–Crippen LogP) is 3.36. The molecule has 17 heavy (non-hydrogen) atoms. The Kier molecular flexibility index (Phi) is 4.38. The van der Waals surface area contributed by atoms with E-state index in [1.54, 1.807) is 18.2 Å². The van der Waals surface area contributed by atoms with Crippen LogP contribution in [-0.2, 0) is 4.74 Å². The standard InChI is InChI=1S/C13H15ClO2Si/c1-16-13(15)12-9-11(14)6-5-10(12)7-8-17(2,3)4/h5-6,9H,1-4H3. The van der Waals surface area contributed by atoms with Crippen LogP contribution in [0.25, 0.3) is 0 Å². The van der Waals surface area contributed by atoms with Crippen molar-refractivity contribution < 1.29 is 9.53 Å². The molecule has 4 heteroatoms. The van der Waals surface area contributed by atoms with Gasteiger partial charge in [-0.15, -0.1) is 5.54 Å². The Bertz CT molecular complexity index is 492. The Morgan fingerprint density at radius 1 is 1.35 bits per heavy atom. The van der Waals surface area contributed by atoms with E-state index in [0.29, 0.717) is 16.1 Å². The lowest BCUT2D eigenvalue weighted by atomic mass is 10.1. The van der Waals surface area contributed by atoms with Crippen molar-refractivity contribution in [2.24, 2.45) is 0 Å². The molecule has 0 saturated carbocycles. The Morgan fingerprint density at radius 3 is 2.53 bits per heavy atom. The van der Waals surface area contributed by atoms with Gasteiger partial charge in [-0.2, -0.15) is 0 Å². The van der Waals surface area contributed by atoms with Crippen molar-refractivity contribution in [3.63, 3.8) is 0 Å². The van der Waals surface area contributed by atoms with Crippen molar-refractivity contribution in [1.82, 2.24) is 0 Å². The molecule has 0 fully saturated rings. The van der Waals surface area contributed by atoms with Crippen LogP contribution >= 0.6 is 11.6 Å². The first-order chi connectivity index (χ1) is 7.83. The van der Waals surface area contributed by atoms with E-state index in [9.17, 15) is 4.79 Å². The summed E-state index contributed by atoms with van der Waals surface area (Å²) in [7, 11) is -0.122. The van der Waals surface area contributed by atoms with Crippen LogP contribution in [0.1, 0.15) is 15.9 Å². The molecule has 1 aromatic rings. The zero-order chi connectivity index (χ0) is 13.1. The molecule has 0 aliphatic heterocycles. The zero-order valence-electron chi connectivity index (χ0n) is 10.4. The number of esters is 1. The van der Waals surface area contributed by atoms with Crippen LogP contribution in [-0.4, -0.2) is 21.2 Å². The lowest BCUT2D eigenvalue weighted by Gasteiger charge is -2.06. The summed E-state index contributed by atoms with van der Waals surface area (Å²) in [6.07, 6.45) is 0. The molecule has 1 rings (SSSR count). The lowest BCUT2D eigenvalue weighted by Crippen LogP contribution is -2.16. The molecule has 0 N–H and O–H groups in total. The molecule has 0 amide bonds. The van der Waals surface area contributed by atoms with Gasteiger partial charge >= 0.3 is 5.97 Å². The maximum absolute atomic E-state index is 11.6. The van der Waals surface area contributed by atoms with Crippen molar-refractivity contribution in [2.45, 2.75) is 19.6 Å². The molecule has 0 aliphatic carbocycles. The maximum Gasteiger partial charge on any atom is 0.339 e. The van der Waals surface area contributed by atoms with Crippen LogP contribution in [0.5, 0.6) is 0 Å². The Hall–Kier alpha value is -1.24. The average molecular weight is 267 g/mol. The minimum atomic E-state index is -1.47. The first-order valence-electron chi connectivity index (χ1n) is 5.24. The largest absolute Gasteiger partial charge is 0.465 e. The van der Waals surface area contributed by atoms with Gasteiger partial charge in [-0.3, -0.25) is 0 Å². The first-order valence-corrected chi connectivity index (χ1v) is 9.12. The van der Waals surface area contributed by atoms with Gasteiger partial charge in [0.1, 0.15) is 8.07 Å². The summed E-state index contributed by atoms with van der Waals surface area (Å²) in [6, 6.07) is 5.06. The number of carbonyl (C=O) groups is 1. The smallest absolute Gasteiger partial charge is 0.339 e. The molecule has 0 saturated heterocycles. The normalized spacial score (nSPS) is 10.4. The lowest BCUT2D eigenvalue weighted by molar-refractivity contribution is 0.0600. The molecule has 2 nitrogen and oxygen atoms in total. The van der Waals surface area contributed by atoms with E-state index in [-0.39, 0.29) is 0 Å². The number of methoxy groups -OCH3 is 1. The summed E-state index contributed by atoms with van der Waals surface area (Å²) >= 11 is 5.86. The minimum Gasteiger partial charge on any atom is -0.465 e. The van der Waals surface area contributed by atoms with Gasteiger partial charge in [0.25, 0.3) is 0 Å². The van der Waals surface area contributed by atoms with E-state index in [2.05, 4.69) is 31.1 Å². The Balaban J connectivity index is 3.23. The number of ether oxygens (including phenoxy) is 1. The van der Waals surface area contributed by atoms with Crippen LogP contribution in [0.3, 0.4) is 0 Å². The third kappa shape index (κ3) is 4.26. The number of rotatable bonds is 1. The summed E-state index contributed by atoms with van der Waals surface area (Å²) in [5.74, 6) is 2.64. The molecule has 0 spiro atoms. The minimum absolute atomic E-state index is 0.410. The SMILES string of the molecule is COC(=O)c1cc(Cl)ccc1C#C[Si](C)(C)C. The highest BCUT2D eigenvalue weighted by molar-refractivity contribution is 6.83. The van der Waals surface area contributed by atoms with E-state index in [0.717, 1.165) is 0 Å². The second-order valence-corrected chi connectivity index (χ2v) is 9.87. The van der Waals surface area contributed by atoms with Crippen molar-refractivity contribution >= 4 is 25.6 Å². The molecule has 0 aliphatic rings. The number of benzene rings is 1. The quantitative estimate of drug-likeness (QED) is 0.443. The molecule has 1 aromatic carbocycles. The highest BCUT2D eigenvalue weighted by atomic mass is 35.5. The summed E-state index contributed by atoms with van der Waals surface area (Å²) in [5, 5.41) is 0.504. The highest BCUT2D eigenvalue weighted by Crippen LogP contribution is 2.16. The van der Waals surface area contributed by atoms with E-state index in [4.69, 9.17) is 16.3 Å². The van der Waals surface area contributed by atoms with Crippen LogP contribution < -0.4 is 0 Å². The van der Waals surface area contributed by atoms with Crippen molar-refractivity contribution in [2.75, 3.05) is 7.11 Å². The number of halogens is 1. The van der Waals surface area contributed by atoms with E-state index in [1.165, 1.54) is 7.11 Å². The fourth-order valence-electron chi connectivity index (χ4n) is 1.16. The van der Waals surface area contributed by atoms with E-state index < -0.39 is 14.0 Å². The van der Waals surface area contributed by atoms with Gasteiger partial charge in [0.2, 0.25) is 0 Å². The van der Waals surface area contributed by atoms with Gasteiger partial charge in [0.05, 0.1) is 12.7 Å². The third-order valence-corrected chi connectivity index (χ3v) is 3.07.